The average Bonchev–Trinajstić information content (AvgIpc) is 2.25. The first-order valence-corrected chi connectivity index (χ1v) is 7.76. The van der Waals surface area contributed by atoms with Crippen molar-refractivity contribution in [3.63, 3.8) is 0 Å². The molecule has 114 valence electrons. The number of hydrogen-bond acceptors (Lipinski definition) is 2. The van der Waals surface area contributed by atoms with Crippen molar-refractivity contribution in [2.75, 3.05) is 13.6 Å². The van der Waals surface area contributed by atoms with Crippen LogP contribution in [0.1, 0.15) is 55.5 Å². The molecule has 0 radical (unpaired) electrons. The van der Waals surface area contributed by atoms with Gasteiger partial charge in [0.2, 0.25) is 0 Å². The number of nitrogens with zero attached hydrogens (tertiary/aromatic N) is 1. The van der Waals surface area contributed by atoms with Crippen LogP contribution in [0, 0.1) is 26.7 Å². The Morgan fingerprint density at radius 1 is 1.05 bits per heavy atom. The maximum Gasteiger partial charge on any atom is 0.0429 e. The van der Waals surface area contributed by atoms with Crippen LogP contribution in [0.5, 0.6) is 0 Å². The molecule has 20 heavy (non-hydrogen) atoms. The van der Waals surface area contributed by atoms with Crippen molar-refractivity contribution in [3.8, 4) is 0 Å². The van der Waals surface area contributed by atoms with E-state index in [-0.39, 0.29) is 6.04 Å². The monoisotopic (exact) mass is 276 g/mol. The molecular weight excluding hydrogens is 244 g/mol. The molecule has 1 rings (SSSR count). The highest BCUT2D eigenvalue weighted by atomic mass is 15.1. The second-order valence-electron chi connectivity index (χ2n) is 6.84. The van der Waals surface area contributed by atoms with Crippen LogP contribution in [0.4, 0.5) is 0 Å². The van der Waals surface area contributed by atoms with Gasteiger partial charge in [0.15, 0.2) is 0 Å². The van der Waals surface area contributed by atoms with E-state index in [1.54, 1.807) is 0 Å². The van der Waals surface area contributed by atoms with Crippen molar-refractivity contribution in [2.24, 2.45) is 11.7 Å². The summed E-state index contributed by atoms with van der Waals surface area (Å²) in [6, 6.07) is 5.14. The van der Waals surface area contributed by atoms with Crippen molar-refractivity contribution in [2.45, 2.75) is 60.0 Å². The molecule has 1 aromatic rings. The minimum Gasteiger partial charge on any atom is -0.323 e. The van der Waals surface area contributed by atoms with Gasteiger partial charge in [-0.3, -0.25) is 0 Å². The zero-order chi connectivity index (χ0) is 15.4. The molecule has 2 atom stereocenters. The fourth-order valence-corrected chi connectivity index (χ4v) is 3.22. The molecule has 2 N–H and O–H groups in total. The van der Waals surface area contributed by atoms with Gasteiger partial charge in [-0.15, -0.1) is 0 Å². The van der Waals surface area contributed by atoms with Gasteiger partial charge in [0.1, 0.15) is 0 Å². The molecule has 0 aliphatic carbocycles. The van der Waals surface area contributed by atoms with Crippen LogP contribution in [-0.4, -0.2) is 24.5 Å². The van der Waals surface area contributed by atoms with Crippen molar-refractivity contribution in [1.82, 2.24) is 4.90 Å². The minimum absolute atomic E-state index is 0.0928. The first-order chi connectivity index (χ1) is 9.22. The molecule has 0 saturated carbocycles. The lowest BCUT2D eigenvalue weighted by molar-refractivity contribution is 0.216. The molecular formula is C18H32N2. The van der Waals surface area contributed by atoms with E-state index in [9.17, 15) is 0 Å². The molecule has 2 unspecified atom stereocenters. The number of benzene rings is 1. The van der Waals surface area contributed by atoms with Gasteiger partial charge in [-0.1, -0.05) is 31.5 Å². The summed E-state index contributed by atoms with van der Waals surface area (Å²) < 4.78 is 0. The number of likely N-dealkylation sites (N-methyl/N-ethyl adjacent to an activating group) is 1. The maximum absolute atomic E-state index is 6.47. The Kier molecular flexibility index (Phi) is 6.22. The van der Waals surface area contributed by atoms with Crippen LogP contribution in [0.25, 0.3) is 0 Å². The lowest BCUT2D eigenvalue weighted by Crippen LogP contribution is -2.36. The smallest absolute Gasteiger partial charge is 0.0429 e. The zero-order valence-electron chi connectivity index (χ0n) is 14.3. The Morgan fingerprint density at radius 3 is 2.00 bits per heavy atom. The fraction of sp³-hybridized carbons (Fsp3) is 0.667. The van der Waals surface area contributed by atoms with Crippen LogP contribution in [0.15, 0.2) is 12.1 Å². The van der Waals surface area contributed by atoms with E-state index < -0.39 is 0 Å². The third-order valence-electron chi connectivity index (χ3n) is 4.16. The fourth-order valence-electron chi connectivity index (χ4n) is 3.22. The average molecular weight is 276 g/mol. The van der Waals surface area contributed by atoms with E-state index in [4.69, 9.17) is 5.73 Å². The second-order valence-corrected chi connectivity index (χ2v) is 6.84. The van der Waals surface area contributed by atoms with E-state index in [2.05, 4.69) is 65.6 Å². The molecule has 1 aromatic carbocycles. The topological polar surface area (TPSA) is 29.3 Å². The lowest BCUT2D eigenvalue weighted by atomic mass is 9.93. The van der Waals surface area contributed by atoms with Crippen LogP contribution in [0.3, 0.4) is 0 Å². The van der Waals surface area contributed by atoms with Crippen LogP contribution in [0.2, 0.25) is 0 Å². The van der Waals surface area contributed by atoms with E-state index in [0.717, 1.165) is 12.5 Å². The third-order valence-corrected chi connectivity index (χ3v) is 4.16. The molecule has 0 fully saturated rings. The molecule has 2 nitrogen and oxygen atoms in total. The summed E-state index contributed by atoms with van der Waals surface area (Å²) in [7, 11) is 2.19. The van der Waals surface area contributed by atoms with Gasteiger partial charge in [0.25, 0.3) is 0 Å². The number of aryl methyl sites for hydroxylation is 3. The summed E-state index contributed by atoms with van der Waals surface area (Å²) in [5.74, 6) is 0.728. The summed E-state index contributed by atoms with van der Waals surface area (Å²) in [6.45, 7) is 14.3. The zero-order valence-corrected chi connectivity index (χ0v) is 14.3. The number of nitrogens with two attached hydrogens (primary N) is 1. The Hall–Kier alpha value is -0.860. The lowest BCUT2D eigenvalue weighted by Gasteiger charge is -2.30. The first-order valence-electron chi connectivity index (χ1n) is 7.76. The first kappa shape index (κ1) is 17.2. The second kappa shape index (κ2) is 7.24. The van der Waals surface area contributed by atoms with Crippen molar-refractivity contribution < 1.29 is 0 Å². The summed E-state index contributed by atoms with van der Waals surface area (Å²) in [5.41, 5.74) is 11.7. The number of hydrogen-bond donors (Lipinski definition) is 1. The highest BCUT2D eigenvalue weighted by Crippen LogP contribution is 2.23. The van der Waals surface area contributed by atoms with Gasteiger partial charge in [-0.05, 0) is 63.8 Å². The Bertz CT molecular complexity index is 414. The van der Waals surface area contributed by atoms with Gasteiger partial charge < -0.3 is 10.6 Å². The molecule has 2 heteroatoms. The van der Waals surface area contributed by atoms with Gasteiger partial charge in [0, 0.05) is 18.6 Å². The summed E-state index contributed by atoms with van der Waals surface area (Å²) in [4.78, 5) is 2.39. The predicted molar refractivity (Wildman–Crippen MR) is 89.1 cm³/mol. The van der Waals surface area contributed by atoms with Gasteiger partial charge in [-0.25, -0.2) is 0 Å². The molecule has 0 bridgehead atoms. The molecule has 0 aliphatic heterocycles. The highest BCUT2D eigenvalue weighted by Gasteiger charge is 2.18. The van der Waals surface area contributed by atoms with Crippen molar-refractivity contribution in [1.29, 1.82) is 0 Å². The predicted octanol–water partition coefficient (Wildman–Crippen LogP) is 3.98. The standard InChI is InChI=1S/C18H32N2/c1-12(2)8-16(6)20(7)11-17(19)18-14(4)9-13(3)10-15(18)5/h9-10,12,16-17H,8,11,19H2,1-7H3. The van der Waals surface area contributed by atoms with Gasteiger partial charge >= 0.3 is 0 Å². The highest BCUT2D eigenvalue weighted by molar-refractivity contribution is 5.39. The largest absolute Gasteiger partial charge is 0.323 e. The summed E-state index contributed by atoms with van der Waals surface area (Å²) >= 11 is 0. The van der Waals surface area contributed by atoms with Crippen molar-refractivity contribution >= 4 is 0 Å². The number of rotatable bonds is 6. The van der Waals surface area contributed by atoms with Crippen molar-refractivity contribution in [3.05, 3.63) is 34.4 Å². The molecule has 0 aliphatic rings. The van der Waals surface area contributed by atoms with E-state index in [1.165, 1.54) is 28.7 Å². The Labute approximate surface area is 125 Å². The Morgan fingerprint density at radius 2 is 1.55 bits per heavy atom. The molecule has 0 amide bonds. The molecule has 0 spiro atoms. The molecule has 0 heterocycles. The van der Waals surface area contributed by atoms with E-state index in [0.29, 0.717) is 6.04 Å². The third kappa shape index (κ3) is 4.60. The maximum atomic E-state index is 6.47. The normalized spacial score (nSPS) is 14.9. The van der Waals surface area contributed by atoms with Crippen LogP contribution >= 0.6 is 0 Å². The van der Waals surface area contributed by atoms with Gasteiger partial charge in [0.05, 0.1) is 0 Å². The Balaban J connectivity index is 2.79. The van der Waals surface area contributed by atoms with Crippen LogP contribution in [-0.2, 0) is 0 Å². The molecule has 0 aromatic heterocycles. The summed E-state index contributed by atoms with van der Waals surface area (Å²) in [5, 5.41) is 0. The van der Waals surface area contributed by atoms with E-state index in [1.807, 2.05) is 0 Å². The van der Waals surface area contributed by atoms with Crippen LogP contribution < -0.4 is 5.73 Å². The molecule has 0 saturated heterocycles. The van der Waals surface area contributed by atoms with Gasteiger partial charge in [-0.2, -0.15) is 0 Å². The minimum atomic E-state index is 0.0928. The van der Waals surface area contributed by atoms with E-state index >= 15 is 0 Å². The summed E-state index contributed by atoms with van der Waals surface area (Å²) in [6.07, 6.45) is 1.22. The SMILES string of the molecule is Cc1cc(C)c(C(N)CN(C)C(C)CC(C)C)c(C)c1. The quantitative estimate of drug-likeness (QED) is 0.851.